The van der Waals surface area contributed by atoms with E-state index in [9.17, 15) is 0 Å². The molecule has 1 aliphatic heterocycles. The second kappa shape index (κ2) is 9.96. The van der Waals surface area contributed by atoms with Crippen LogP contribution >= 0.6 is 24.0 Å². The maximum Gasteiger partial charge on any atom is 0.191 e. The predicted octanol–water partition coefficient (Wildman–Crippen LogP) is 0.0353. The Balaban J connectivity index is 0.00000220. The lowest BCUT2D eigenvalue weighted by Crippen LogP contribution is -2.44. The second-order valence-electron chi connectivity index (χ2n) is 4.83. The molecule has 0 bridgehead atoms. The largest absolute Gasteiger partial charge is 0.379 e. The first kappa shape index (κ1) is 18.2. The van der Waals surface area contributed by atoms with E-state index in [-0.39, 0.29) is 24.0 Å². The summed E-state index contributed by atoms with van der Waals surface area (Å²) in [6.07, 6.45) is 3.85. The van der Waals surface area contributed by atoms with Gasteiger partial charge in [-0.1, -0.05) is 0 Å². The number of halogens is 1. The molecular formula is C13H25IN6O. The SMILES string of the molecule is CN=C(NCCN1CCOCC1)NCc1cnn(C)c1.I. The minimum Gasteiger partial charge on any atom is -0.379 e. The van der Waals surface area contributed by atoms with Gasteiger partial charge in [-0.25, -0.2) is 0 Å². The summed E-state index contributed by atoms with van der Waals surface area (Å²) in [4.78, 5) is 6.61. The number of aliphatic imine (C=N–C) groups is 1. The van der Waals surface area contributed by atoms with Crippen molar-refractivity contribution >= 4 is 29.9 Å². The van der Waals surface area contributed by atoms with Crippen molar-refractivity contribution in [1.82, 2.24) is 25.3 Å². The highest BCUT2D eigenvalue weighted by Crippen LogP contribution is 1.96. The smallest absolute Gasteiger partial charge is 0.191 e. The van der Waals surface area contributed by atoms with E-state index < -0.39 is 0 Å². The molecule has 0 unspecified atom stereocenters. The third-order valence-electron chi connectivity index (χ3n) is 3.27. The van der Waals surface area contributed by atoms with E-state index in [0.29, 0.717) is 0 Å². The van der Waals surface area contributed by atoms with Gasteiger partial charge >= 0.3 is 0 Å². The van der Waals surface area contributed by atoms with Crippen molar-refractivity contribution < 1.29 is 4.74 Å². The molecule has 0 amide bonds. The van der Waals surface area contributed by atoms with Crippen LogP contribution in [0, 0.1) is 0 Å². The first-order chi connectivity index (χ1) is 9.78. The van der Waals surface area contributed by atoms with E-state index in [0.717, 1.165) is 57.5 Å². The monoisotopic (exact) mass is 408 g/mol. The Morgan fingerprint density at radius 1 is 1.38 bits per heavy atom. The molecule has 0 radical (unpaired) electrons. The predicted molar refractivity (Wildman–Crippen MR) is 94.1 cm³/mol. The van der Waals surface area contributed by atoms with Crippen LogP contribution in [-0.4, -0.2) is 67.1 Å². The Hall–Kier alpha value is -0.870. The zero-order chi connectivity index (χ0) is 14.2. The maximum atomic E-state index is 5.33. The van der Waals surface area contributed by atoms with Crippen LogP contribution in [0.25, 0.3) is 0 Å². The minimum atomic E-state index is 0. The summed E-state index contributed by atoms with van der Waals surface area (Å²) in [6.45, 7) is 6.34. The summed E-state index contributed by atoms with van der Waals surface area (Å²) < 4.78 is 7.13. The third kappa shape index (κ3) is 6.62. The molecule has 0 spiro atoms. The average molecular weight is 408 g/mol. The number of nitrogens with zero attached hydrogens (tertiary/aromatic N) is 4. The van der Waals surface area contributed by atoms with Gasteiger partial charge in [-0.3, -0.25) is 14.6 Å². The van der Waals surface area contributed by atoms with Crippen molar-refractivity contribution in [2.24, 2.45) is 12.0 Å². The fraction of sp³-hybridized carbons (Fsp3) is 0.692. The Labute approximate surface area is 143 Å². The quantitative estimate of drug-likeness (QED) is 0.409. The highest BCUT2D eigenvalue weighted by molar-refractivity contribution is 14.0. The Bertz CT molecular complexity index is 430. The maximum absolute atomic E-state index is 5.33. The zero-order valence-corrected chi connectivity index (χ0v) is 15.0. The van der Waals surface area contributed by atoms with Gasteiger partial charge in [-0.05, 0) is 0 Å². The van der Waals surface area contributed by atoms with Crippen LogP contribution in [-0.2, 0) is 18.3 Å². The highest BCUT2D eigenvalue weighted by atomic mass is 127. The second-order valence-corrected chi connectivity index (χ2v) is 4.83. The molecule has 1 aromatic heterocycles. The van der Waals surface area contributed by atoms with E-state index in [1.54, 1.807) is 11.7 Å². The Kier molecular flexibility index (Phi) is 8.62. The molecule has 1 aliphatic rings. The van der Waals surface area contributed by atoms with Crippen LogP contribution in [0.1, 0.15) is 5.56 Å². The number of guanidine groups is 1. The highest BCUT2D eigenvalue weighted by Gasteiger charge is 2.09. The molecule has 0 aromatic carbocycles. The molecule has 1 fully saturated rings. The van der Waals surface area contributed by atoms with Crippen molar-refractivity contribution in [3.8, 4) is 0 Å². The zero-order valence-electron chi connectivity index (χ0n) is 12.7. The number of hydrogen-bond acceptors (Lipinski definition) is 4. The molecule has 2 heterocycles. The summed E-state index contributed by atoms with van der Waals surface area (Å²) in [6, 6.07) is 0. The molecule has 2 rings (SSSR count). The molecule has 0 atom stereocenters. The fourth-order valence-corrected chi connectivity index (χ4v) is 2.13. The number of aryl methyl sites for hydroxylation is 1. The van der Waals surface area contributed by atoms with Gasteiger partial charge in [-0.15, -0.1) is 24.0 Å². The van der Waals surface area contributed by atoms with Gasteiger partial charge in [0.05, 0.1) is 19.4 Å². The number of hydrogen-bond donors (Lipinski definition) is 2. The molecule has 8 heteroatoms. The van der Waals surface area contributed by atoms with E-state index in [1.807, 2.05) is 19.4 Å². The molecular weight excluding hydrogens is 383 g/mol. The molecule has 1 aromatic rings. The van der Waals surface area contributed by atoms with Gasteiger partial charge in [0.25, 0.3) is 0 Å². The normalized spacial score (nSPS) is 16.4. The number of aromatic nitrogens is 2. The molecule has 21 heavy (non-hydrogen) atoms. The first-order valence-corrected chi connectivity index (χ1v) is 7.00. The van der Waals surface area contributed by atoms with Gasteiger partial charge in [0.15, 0.2) is 5.96 Å². The third-order valence-corrected chi connectivity index (χ3v) is 3.27. The van der Waals surface area contributed by atoms with Crippen molar-refractivity contribution in [3.63, 3.8) is 0 Å². The van der Waals surface area contributed by atoms with E-state index in [2.05, 4.69) is 25.6 Å². The molecule has 7 nitrogen and oxygen atoms in total. The molecule has 0 saturated carbocycles. The summed E-state index contributed by atoms with van der Waals surface area (Å²) in [5.74, 6) is 0.821. The Morgan fingerprint density at radius 2 is 2.14 bits per heavy atom. The standard InChI is InChI=1S/C13H24N6O.HI/c1-14-13(16-9-12-10-17-18(2)11-12)15-3-4-19-5-7-20-8-6-19;/h10-11H,3-9H2,1-2H3,(H2,14,15,16);1H. The van der Waals surface area contributed by atoms with Gasteiger partial charge in [0.2, 0.25) is 0 Å². The van der Waals surface area contributed by atoms with Crippen LogP contribution in [0.4, 0.5) is 0 Å². The summed E-state index contributed by atoms with van der Waals surface area (Å²) in [5.41, 5.74) is 1.14. The molecule has 120 valence electrons. The fourth-order valence-electron chi connectivity index (χ4n) is 2.13. The van der Waals surface area contributed by atoms with Crippen molar-refractivity contribution in [2.75, 3.05) is 46.4 Å². The van der Waals surface area contributed by atoms with Crippen molar-refractivity contribution in [3.05, 3.63) is 18.0 Å². The summed E-state index contributed by atoms with van der Waals surface area (Å²) in [5, 5.41) is 10.7. The summed E-state index contributed by atoms with van der Waals surface area (Å²) >= 11 is 0. The summed E-state index contributed by atoms with van der Waals surface area (Å²) in [7, 11) is 3.70. The molecule has 2 N–H and O–H groups in total. The van der Waals surface area contributed by atoms with Gasteiger partial charge in [-0.2, -0.15) is 5.10 Å². The molecule has 0 aliphatic carbocycles. The van der Waals surface area contributed by atoms with Crippen LogP contribution in [0.3, 0.4) is 0 Å². The number of nitrogens with one attached hydrogen (secondary N) is 2. The van der Waals surface area contributed by atoms with Crippen molar-refractivity contribution in [1.29, 1.82) is 0 Å². The average Bonchev–Trinajstić information content (AvgIpc) is 2.89. The Morgan fingerprint density at radius 3 is 2.76 bits per heavy atom. The van der Waals surface area contributed by atoms with E-state index in [4.69, 9.17) is 4.74 Å². The van der Waals surface area contributed by atoms with Crippen molar-refractivity contribution in [2.45, 2.75) is 6.54 Å². The lowest BCUT2D eigenvalue weighted by Gasteiger charge is -2.26. The van der Waals surface area contributed by atoms with Crippen LogP contribution in [0.5, 0.6) is 0 Å². The van der Waals surface area contributed by atoms with Gasteiger partial charge in [0, 0.05) is 58.6 Å². The van der Waals surface area contributed by atoms with Gasteiger partial charge < -0.3 is 15.4 Å². The first-order valence-electron chi connectivity index (χ1n) is 7.00. The lowest BCUT2D eigenvalue weighted by molar-refractivity contribution is 0.0389. The van der Waals surface area contributed by atoms with E-state index in [1.165, 1.54) is 0 Å². The van der Waals surface area contributed by atoms with Crippen LogP contribution < -0.4 is 10.6 Å². The van der Waals surface area contributed by atoms with E-state index >= 15 is 0 Å². The number of ether oxygens (including phenoxy) is 1. The minimum absolute atomic E-state index is 0. The van der Waals surface area contributed by atoms with Crippen LogP contribution in [0.2, 0.25) is 0 Å². The molecule has 1 saturated heterocycles. The van der Waals surface area contributed by atoms with Gasteiger partial charge in [0.1, 0.15) is 0 Å². The topological polar surface area (TPSA) is 66.7 Å². The number of morpholine rings is 1. The number of rotatable bonds is 5. The van der Waals surface area contributed by atoms with Crippen LogP contribution in [0.15, 0.2) is 17.4 Å². The lowest BCUT2D eigenvalue weighted by atomic mass is 10.3.